The standard InChI is InChI=1S/C13H21N3O2/c1-3-5-7-10(6-4-2)16-12-9-14-11(8-15-12)13(17)18/h8-10H,3-7H2,1-2H3,(H,15,16)(H,17,18). The molecule has 1 atom stereocenters. The van der Waals surface area contributed by atoms with Gasteiger partial charge in [0.1, 0.15) is 5.82 Å². The van der Waals surface area contributed by atoms with Crippen LogP contribution in [0.4, 0.5) is 5.82 Å². The van der Waals surface area contributed by atoms with Gasteiger partial charge in [0, 0.05) is 6.04 Å². The van der Waals surface area contributed by atoms with Crippen molar-refractivity contribution in [2.75, 3.05) is 5.32 Å². The molecule has 0 aromatic carbocycles. The number of rotatable bonds is 8. The van der Waals surface area contributed by atoms with Crippen LogP contribution in [-0.4, -0.2) is 27.1 Å². The van der Waals surface area contributed by atoms with Crippen molar-refractivity contribution in [1.29, 1.82) is 0 Å². The normalized spacial score (nSPS) is 12.1. The van der Waals surface area contributed by atoms with Crippen molar-refractivity contribution in [1.82, 2.24) is 9.97 Å². The summed E-state index contributed by atoms with van der Waals surface area (Å²) in [5.74, 6) is -0.403. The first-order chi connectivity index (χ1) is 8.67. The van der Waals surface area contributed by atoms with E-state index in [-0.39, 0.29) is 5.69 Å². The minimum Gasteiger partial charge on any atom is -0.476 e. The number of hydrogen-bond acceptors (Lipinski definition) is 4. The third kappa shape index (κ3) is 4.69. The third-order valence-electron chi connectivity index (χ3n) is 2.77. The van der Waals surface area contributed by atoms with Gasteiger partial charge >= 0.3 is 5.97 Å². The minimum atomic E-state index is -1.05. The molecule has 2 N–H and O–H groups in total. The number of carbonyl (C=O) groups is 1. The van der Waals surface area contributed by atoms with E-state index in [4.69, 9.17) is 5.11 Å². The fraction of sp³-hybridized carbons (Fsp3) is 0.615. The largest absolute Gasteiger partial charge is 0.476 e. The van der Waals surface area contributed by atoms with Crippen LogP contribution in [0.15, 0.2) is 12.4 Å². The Morgan fingerprint density at radius 2 is 2.06 bits per heavy atom. The molecule has 1 aromatic heterocycles. The van der Waals surface area contributed by atoms with Crippen LogP contribution in [0.2, 0.25) is 0 Å². The molecule has 5 heteroatoms. The van der Waals surface area contributed by atoms with Crippen LogP contribution in [0, 0.1) is 0 Å². The molecule has 0 spiro atoms. The number of hydrogen-bond donors (Lipinski definition) is 2. The second kappa shape index (κ2) is 7.63. The van der Waals surface area contributed by atoms with Gasteiger partial charge in [-0.25, -0.2) is 14.8 Å². The van der Waals surface area contributed by atoms with Gasteiger partial charge in [0.25, 0.3) is 0 Å². The fourth-order valence-electron chi connectivity index (χ4n) is 1.81. The SMILES string of the molecule is CCCCC(CCC)Nc1cnc(C(=O)O)cn1. The number of unbranched alkanes of at least 4 members (excludes halogenated alkanes) is 1. The average Bonchev–Trinajstić information content (AvgIpc) is 2.37. The van der Waals surface area contributed by atoms with E-state index in [9.17, 15) is 4.79 Å². The van der Waals surface area contributed by atoms with E-state index in [1.165, 1.54) is 25.2 Å². The van der Waals surface area contributed by atoms with Crippen LogP contribution in [0.1, 0.15) is 56.4 Å². The molecule has 1 aromatic rings. The van der Waals surface area contributed by atoms with E-state index in [2.05, 4.69) is 29.1 Å². The van der Waals surface area contributed by atoms with Gasteiger partial charge in [-0.15, -0.1) is 0 Å². The lowest BCUT2D eigenvalue weighted by atomic mass is 10.1. The zero-order valence-electron chi connectivity index (χ0n) is 11.0. The molecule has 0 aliphatic rings. The van der Waals surface area contributed by atoms with Gasteiger partial charge in [-0.3, -0.25) is 0 Å². The zero-order chi connectivity index (χ0) is 13.4. The Kier molecular flexibility index (Phi) is 6.11. The number of aromatic nitrogens is 2. The molecule has 0 bridgehead atoms. The second-order valence-electron chi connectivity index (χ2n) is 4.36. The fourth-order valence-corrected chi connectivity index (χ4v) is 1.81. The summed E-state index contributed by atoms with van der Waals surface area (Å²) in [4.78, 5) is 18.6. The molecule has 0 aliphatic carbocycles. The van der Waals surface area contributed by atoms with E-state index < -0.39 is 5.97 Å². The predicted molar refractivity (Wildman–Crippen MR) is 70.8 cm³/mol. The van der Waals surface area contributed by atoms with E-state index in [0.29, 0.717) is 11.9 Å². The molecule has 1 unspecified atom stereocenters. The lowest BCUT2D eigenvalue weighted by Gasteiger charge is -2.18. The number of nitrogens with one attached hydrogen (secondary N) is 1. The van der Waals surface area contributed by atoms with Gasteiger partial charge in [-0.05, 0) is 12.8 Å². The summed E-state index contributed by atoms with van der Waals surface area (Å²) in [6.07, 6.45) is 8.42. The molecule has 0 aliphatic heterocycles. The Hall–Kier alpha value is -1.65. The molecular formula is C13H21N3O2. The molecular weight excluding hydrogens is 230 g/mol. The summed E-state index contributed by atoms with van der Waals surface area (Å²) in [5, 5.41) is 12.0. The Labute approximate surface area is 108 Å². The van der Waals surface area contributed by atoms with Crippen molar-refractivity contribution in [3.63, 3.8) is 0 Å². The summed E-state index contributed by atoms with van der Waals surface area (Å²) < 4.78 is 0. The first kappa shape index (κ1) is 14.4. The maximum atomic E-state index is 10.7. The molecule has 1 heterocycles. The number of anilines is 1. The highest BCUT2D eigenvalue weighted by Crippen LogP contribution is 2.12. The number of nitrogens with zero attached hydrogens (tertiary/aromatic N) is 2. The molecule has 0 fully saturated rings. The van der Waals surface area contributed by atoms with E-state index >= 15 is 0 Å². The van der Waals surface area contributed by atoms with Crippen molar-refractivity contribution < 1.29 is 9.90 Å². The number of carboxylic acid groups (broad SMARTS) is 1. The molecule has 1 rings (SSSR count). The van der Waals surface area contributed by atoms with E-state index in [1.807, 2.05) is 0 Å². The number of aromatic carboxylic acids is 1. The maximum absolute atomic E-state index is 10.7. The van der Waals surface area contributed by atoms with Gasteiger partial charge in [0.2, 0.25) is 0 Å². The molecule has 0 amide bonds. The first-order valence-corrected chi connectivity index (χ1v) is 6.49. The van der Waals surface area contributed by atoms with Gasteiger partial charge < -0.3 is 10.4 Å². The Balaban J connectivity index is 2.59. The number of carboxylic acids is 1. The van der Waals surface area contributed by atoms with Crippen LogP contribution in [-0.2, 0) is 0 Å². The third-order valence-corrected chi connectivity index (χ3v) is 2.77. The summed E-state index contributed by atoms with van der Waals surface area (Å²) >= 11 is 0. The van der Waals surface area contributed by atoms with Crippen molar-refractivity contribution in [3.8, 4) is 0 Å². The smallest absolute Gasteiger partial charge is 0.356 e. The topological polar surface area (TPSA) is 75.1 Å². The molecule has 100 valence electrons. The van der Waals surface area contributed by atoms with Crippen LogP contribution in [0.25, 0.3) is 0 Å². The van der Waals surface area contributed by atoms with Crippen molar-refractivity contribution in [3.05, 3.63) is 18.1 Å². The van der Waals surface area contributed by atoms with Crippen molar-refractivity contribution in [2.24, 2.45) is 0 Å². The Bertz CT molecular complexity index is 365. The average molecular weight is 251 g/mol. The summed E-state index contributed by atoms with van der Waals surface area (Å²) in [6.45, 7) is 4.32. The zero-order valence-corrected chi connectivity index (χ0v) is 11.0. The maximum Gasteiger partial charge on any atom is 0.356 e. The van der Waals surface area contributed by atoms with E-state index in [0.717, 1.165) is 19.3 Å². The van der Waals surface area contributed by atoms with Gasteiger partial charge in [-0.2, -0.15) is 0 Å². The molecule has 0 saturated carbocycles. The summed E-state index contributed by atoms with van der Waals surface area (Å²) in [5.41, 5.74) is -0.0267. The highest BCUT2D eigenvalue weighted by atomic mass is 16.4. The molecule has 5 nitrogen and oxygen atoms in total. The summed E-state index contributed by atoms with van der Waals surface area (Å²) in [7, 11) is 0. The lowest BCUT2D eigenvalue weighted by molar-refractivity contribution is 0.0690. The molecule has 18 heavy (non-hydrogen) atoms. The van der Waals surface area contributed by atoms with Crippen molar-refractivity contribution >= 4 is 11.8 Å². The van der Waals surface area contributed by atoms with Crippen LogP contribution in [0.5, 0.6) is 0 Å². The van der Waals surface area contributed by atoms with Crippen molar-refractivity contribution in [2.45, 2.75) is 52.0 Å². The molecule has 0 radical (unpaired) electrons. The second-order valence-corrected chi connectivity index (χ2v) is 4.36. The quantitative estimate of drug-likeness (QED) is 0.743. The van der Waals surface area contributed by atoms with Crippen LogP contribution < -0.4 is 5.32 Å². The van der Waals surface area contributed by atoms with Crippen LogP contribution in [0.3, 0.4) is 0 Å². The van der Waals surface area contributed by atoms with Gasteiger partial charge in [-0.1, -0.05) is 33.1 Å². The Morgan fingerprint density at radius 1 is 1.28 bits per heavy atom. The molecule has 0 saturated heterocycles. The minimum absolute atomic E-state index is 0.0267. The highest BCUT2D eigenvalue weighted by molar-refractivity contribution is 5.84. The predicted octanol–water partition coefficient (Wildman–Crippen LogP) is 2.95. The van der Waals surface area contributed by atoms with Gasteiger partial charge in [0.15, 0.2) is 5.69 Å². The Morgan fingerprint density at radius 3 is 2.56 bits per heavy atom. The first-order valence-electron chi connectivity index (χ1n) is 6.49. The van der Waals surface area contributed by atoms with E-state index in [1.54, 1.807) is 0 Å². The monoisotopic (exact) mass is 251 g/mol. The van der Waals surface area contributed by atoms with Crippen LogP contribution >= 0.6 is 0 Å². The highest BCUT2D eigenvalue weighted by Gasteiger charge is 2.09. The van der Waals surface area contributed by atoms with Gasteiger partial charge in [0.05, 0.1) is 12.4 Å². The lowest BCUT2D eigenvalue weighted by Crippen LogP contribution is -2.20. The summed E-state index contributed by atoms with van der Waals surface area (Å²) in [6, 6.07) is 0.389.